The van der Waals surface area contributed by atoms with Crippen molar-refractivity contribution < 1.29 is 9.21 Å². The highest BCUT2D eigenvalue weighted by atomic mass is 32.1. The molecule has 1 aliphatic rings. The van der Waals surface area contributed by atoms with Gasteiger partial charge in [-0.2, -0.15) is 0 Å². The molecule has 2 N–H and O–H groups in total. The summed E-state index contributed by atoms with van der Waals surface area (Å²) in [7, 11) is 0. The molecule has 5 heteroatoms. The van der Waals surface area contributed by atoms with Crippen LogP contribution in [0.5, 0.6) is 0 Å². The van der Waals surface area contributed by atoms with Crippen LogP contribution in [-0.2, 0) is 0 Å². The van der Waals surface area contributed by atoms with Gasteiger partial charge in [0, 0.05) is 6.54 Å². The summed E-state index contributed by atoms with van der Waals surface area (Å²) in [4.78, 5) is 14.2. The molecule has 0 radical (unpaired) electrons. The second-order valence-corrected chi connectivity index (χ2v) is 4.36. The van der Waals surface area contributed by atoms with Crippen LogP contribution in [0, 0.1) is 0 Å². The number of furan rings is 1. The molecule has 2 rings (SSSR count). The Morgan fingerprint density at radius 3 is 3.00 bits per heavy atom. The van der Waals surface area contributed by atoms with Gasteiger partial charge in [0.25, 0.3) is 5.91 Å². The number of amides is 1. The molecule has 16 heavy (non-hydrogen) atoms. The van der Waals surface area contributed by atoms with E-state index in [9.17, 15) is 4.79 Å². The molecule has 0 spiro atoms. The van der Waals surface area contributed by atoms with Crippen molar-refractivity contribution in [1.82, 2.24) is 4.90 Å². The Morgan fingerprint density at radius 2 is 2.38 bits per heavy atom. The van der Waals surface area contributed by atoms with Gasteiger partial charge in [-0.15, -0.1) is 0 Å². The number of hydrogen-bond acceptors (Lipinski definition) is 3. The SMILES string of the molecule is NC(=S)C1CCCCN1C(=O)c1ccco1. The van der Waals surface area contributed by atoms with E-state index in [1.807, 2.05) is 0 Å². The Hall–Kier alpha value is -1.36. The Labute approximate surface area is 99.4 Å². The molecule has 0 saturated carbocycles. The van der Waals surface area contributed by atoms with E-state index in [1.54, 1.807) is 17.0 Å². The summed E-state index contributed by atoms with van der Waals surface area (Å²) in [5.74, 6) is 0.227. The zero-order valence-corrected chi connectivity index (χ0v) is 9.70. The summed E-state index contributed by atoms with van der Waals surface area (Å²) in [6.07, 6.45) is 4.39. The van der Waals surface area contributed by atoms with Gasteiger partial charge < -0.3 is 15.1 Å². The first-order valence-corrected chi connectivity index (χ1v) is 5.75. The van der Waals surface area contributed by atoms with E-state index in [2.05, 4.69) is 0 Å². The van der Waals surface area contributed by atoms with Crippen molar-refractivity contribution in [3.63, 3.8) is 0 Å². The van der Waals surface area contributed by atoms with Crippen molar-refractivity contribution in [3.8, 4) is 0 Å². The predicted octanol–water partition coefficient (Wildman–Crippen LogP) is 1.56. The van der Waals surface area contributed by atoms with Gasteiger partial charge in [-0.25, -0.2) is 0 Å². The summed E-state index contributed by atoms with van der Waals surface area (Å²) < 4.78 is 5.10. The lowest BCUT2D eigenvalue weighted by Gasteiger charge is -2.34. The van der Waals surface area contributed by atoms with Gasteiger partial charge >= 0.3 is 0 Å². The minimum Gasteiger partial charge on any atom is -0.459 e. The summed E-state index contributed by atoms with van der Waals surface area (Å²) in [5, 5.41) is 0. The summed E-state index contributed by atoms with van der Waals surface area (Å²) in [5.41, 5.74) is 5.66. The largest absolute Gasteiger partial charge is 0.459 e. The van der Waals surface area contributed by atoms with E-state index in [-0.39, 0.29) is 11.9 Å². The van der Waals surface area contributed by atoms with Crippen LogP contribution >= 0.6 is 12.2 Å². The van der Waals surface area contributed by atoms with Crippen molar-refractivity contribution >= 4 is 23.1 Å². The van der Waals surface area contributed by atoms with Crippen LogP contribution in [-0.4, -0.2) is 28.4 Å². The van der Waals surface area contributed by atoms with Gasteiger partial charge in [0.2, 0.25) is 0 Å². The highest BCUT2D eigenvalue weighted by molar-refractivity contribution is 7.80. The van der Waals surface area contributed by atoms with E-state index >= 15 is 0 Å². The Bertz CT molecular complexity index is 389. The van der Waals surface area contributed by atoms with Crippen LogP contribution in [0.15, 0.2) is 22.8 Å². The monoisotopic (exact) mass is 238 g/mol. The van der Waals surface area contributed by atoms with Gasteiger partial charge in [0.1, 0.15) is 0 Å². The lowest BCUT2D eigenvalue weighted by atomic mass is 10.0. The highest BCUT2D eigenvalue weighted by Crippen LogP contribution is 2.20. The fraction of sp³-hybridized carbons (Fsp3) is 0.455. The van der Waals surface area contributed by atoms with Crippen LogP contribution < -0.4 is 5.73 Å². The van der Waals surface area contributed by atoms with Crippen molar-refractivity contribution in [2.75, 3.05) is 6.54 Å². The Morgan fingerprint density at radius 1 is 1.56 bits per heavy atom. The number of nitrogens with two attached hydrogens (primary N) is 1. The normalized spacial score (nSPS) is 20.8. The first kappa shape index (κ1) is 11.1. The van der Waals surface area contributed by atoms with E-state index < -0.39 is 0 Å². The molecule has 1 aliphatic heterocycles. The molecule has 0 aromatic carbocycles. The molecule has 0 aliphatic carbocycles. The standard InChI is InChI=1S/C11H14N2O2S/c12-10(16)8-4-1-2-6-13(8)11(14)9-5-3-7-15-9/h3,5,7-8H,1-2,4,6H2,(H2,12,16). The molecular formula is C11H14N2O2S. The molecule has 1 fully saturated rings. The number of piperidine rings is 1. The summed E-state index contributed by atoms with van der Waals surface area (Å²) in [6.45, 7) is 0.696. The van der Waals surface area contributed by atoms with Crippen molar-refractivity contribution in [2.45, 2.75) is 25.3 Å². The third-order valence-electron chi connectivity index (χ3n) is 2.82. The van der Waals surface area contributed by atoms with Gasteiger partial charge in [0.05, 0.1) is 17.3 Å². The number of carbonyl (C=O) groups excluding carboxylic acids is 1. The highest BCUT2D eigenvalue weighted by Gasteiger charge is 2.30. The maximum absolute atomic E-state index is 12.1. The maximum Gasteiger partial charge on any atom is 0.290 e. The average molecular weight is 238 g/mol. The molecule has 2 heterocycles. The van der Waals surface area contributed by atoms with Crippen molar-refractivity contribution in [1.29, 1.82) is 0 Å². The number of likely N-dealkylation sites (tertiary alicyclic amines) is 1. The first-order valence-electron chi connectivity index (χ1n) is 5.34. The fourth-order valence-electron chi connectivity index (χ4n) is 2.01. The third-order valence-corrected chi connectivity index (χ3v) is 3.10. The second-order valence-electron chi connectivity index (χ2n) is 3.89. The minimum absolute atomic E-state index is 0.123. The van der Waals surface area contributed by atoms with Crippen LogP contribution in [0.1, 0.15) is 29.8 Å². The Balaban J connectivity index is 2.17. The zero-order valence-electron chi connectivity index (χ0n) is 8.89. The lowest BCUT2D eigenvalue weighted by molar-refractivity contribution is 0.0649. The second kappa shape index (κ2) is 4.65. The van der Waals surface area contributed by atoms with E-state index in [4.69, 9.17) is 22.4 Å². The number of carbonyl (C=O) groups is 1. The lowest BCUT2D eigenvalue weighted by Crippen LogP contribution is -2.49. The minimum atomic E-state index is -0.124. The van der Waals surface area contributed by atoms with E-state index in [0.29, 0.717) is 17.3 Å². The fourth-order valence-corrected chi connectivity index (χ4v) is 2.26. The first-order chi connectivity index (χ1) is 7.70. The topological polar surface area (TPSA) is 59.5 Å². The summed E-state index contributed by atoms with van der Waals surface area (Å²) in [6, 6.07) is 3.24. The quantitative estimate of drug-likeness (QED) is 0.794. The van der Waals surface area contributed by atoms with Crippen LogP contribution in [0.2, 0.25) is 0 Å². The van der Waals surface area contributed by atoms with E-state index in [0.717, 1.165) is 19.3 Å². The maximum atomic E-state index is 12.1. The molecular weight excluding hydrogens is 224 g/mol. The molecule has 4 nitrogen and oxygen atoms in total. The van der Waals surface area contributed by atoms with Crippen LogP contribution in [0.3, 0.4) is 0 Å². The molecule has 1 unspecified atom stereocenters. The number of rotatable bonds is 2. The Kier molecular flexibility index (Phi) is 3.24. The van der Waals surface area contributed by atoms with Crippen molar-refractivity contribution in [3.05, 3.63) is 24.2 Å². The van der Waals surface area contributed by atoms with E-state index in [1.165, 1.54) is 6.26 Å². The zero-order chi connectivity index (χ0) is 11.5. The van der Waals surface area contributed by atoms with Gasteiger partial charge in [-0.1, -0.05) is 12.2 Å². The van der Waals surface area contributed by atoms with Gasteiger partial charge in [-0.05, 0) is 31.4 Å². The molecule has 0 bridgehead atoms. The smallest absolute Gasteiger partial charge is 0.290 e. The average Bonchev–Trinajstić information content (AvgIpc) is 2.81. The van der Waals surface area contributed by atoms with Gasteiger partial charge in [0.15, 0.2) is 5.76 Å². The third kappa shape index (κ3) is 2.09. The number of thiocarbonyl (C=S) groups is 1. The van der Waals surface area contributed by atoms with Crippen LogP contribution in [0.25, 0.3) is 0 Å². The molecule has 86 valence electrons. The van der Waals surface area contributed by atoms with Crippen molar-refractivity contribution in [2.24, 2.45) is 5.73 Å². The molecule has 1 aromatic rings. The van der Waals surface area contributed by atoms with Crippen LogP contribution in [0.4, 0.5) is 0 Å². The number of nitrogens with zero attached hydrogens (tertiary/aromatic N) is 1. The molecule has 1 amide bonds. The van der Waals surface area contributed by atoms with Gasteiger partial charge in [-0.3, -0.25) is 4.79 Å². The molecule has 1 saturated heterocycles. The summed E-state index contributed by atoms with van der Waals surface area (Å²) >= 11 is 4.99. The predicted molar refractivity (Wildman–Crippen MR) is 64.2 cm³/mol. The molecule has 1 atom stereocenters. The number of hydrogen-bond donors (Lipinski definition) is 1. The molecule has 1 aromatic heterocycles.